The van der Waals surface area contributed by atoms with Crippen molar-refractivity contribution in [2.45, 2.75) is 0 Å². The Hall–Kier alpha value is -2.76. The van der Waals surface area contributed by atoms with Crippen molar-refractivity contribution in [2.24, 2.45) is 0 Å². The molecule has 0 radical (unpaired) electrons. The molecule has 2 aromatic heterocycles. The third-order valence-corrected chi connectivity index (χ3v) is 2.74. The van der Waals surface area contributed by atoms with E-state index in [9.17, 15) is 4.79 Å². The summed E-state index contributed by atoms with van der Waals surface area (Å²) in [7, 11) is 0. The Morgan fingerprint density at radius 2 is 2.06 bits per heavy atom. The number of carboxylic acid groups (broad SMARTS) is 1. The molecule has 0 spiro atoms. The zero-order valence-corrected chi connectivity index (χ0v) is 9.29. The van der Waals surface area contributed by atoms with Gasteiger partial charge >= 0.3 is 5.97 Å². The number of imidazole rings is 1. The molecule has 90 valence electrons. The van der Waals surface area contributed by atoms with Gasteiger partial charge in [-0.3, -0.25) is 0 Å². The first-order valence-electron chi connectivity index (χ1n) is 5.32. The lowest BCUT2D eigenvalue weighted by molar-refractivity contribution is 0.0691. The number of rotatable bonds is 2. The predicted octanol–water partition coefficient (Wildman–Crippen LogP) is 1.61. The third-order valence-electron chi connectivity index (χ3n) is 2.74. The topological polar surface area (TPSA) is 96.4 Å². The molecule has 0 unspecified atom stereocenters. The molecule has 0 amide bonds. The maximum atomic E-state index is 10.9. The number of carboxylic acids is 1. The van der Waals surface area contributed by atoms with Gasteiger partial charge in [0.2, 0.25) is 0 Å². The minimum Gasteiger partial charge on any atom is -0.476 e. The van der Waals surface area contributed by atoms with Gasteiger partial charge in [-0.1, -0.05) is 30.3 Å². The van der Waals surface area contributed by atoms with E-state index in [0.717, 1.165) is 11.3 Å². The lowest BCUT2D eigenvalue weighted by atomic mass is 10.2. The minimum absolute atomic E-state index is 0.138. The average Bonchev–Trinajstić information content (AvgIpc) is 2.91. The van der Waals surface area contributed by atoms with Crippen LogP contribution in [-0.4, -0.2) is 25.7 Å². The zero-order valence-electron chi connectivity index (χ0n) is 9.29. The van der Waals surface area contributed by atoms with E-state index >= 15 is 0 Å². The molecular weight excluding hydrogens is 232 g/mol. The fraction of sp³-hybridized carbons (Fsp3) is 0. The molecule has 18 heavy (non-hydrogen) atoms. The number of nitrogens with one attached hydrogen (secondary N) is 1. The average molecular weight is 242 g/mol. The van der Waals surface area contributed by atoms with E-state index in [1.807, 2.05) is 30.3 Å². The summed E-state index contributed by atoms with van der Waals surface area (Å²) in [6, 6.07) is 9.66. The van der Waals surface area contributed by atoms with E-state index < -0.39 is 5.97 Å². The smallest absolute Gasteiger partial charge is 0.358 e. The van der Waals surface area contributed by atoms with Gasteiger partial charge in [-0.2, -0.15) is 5.10 Å². The van der Waals surface area contributed by atoms with Crippen LogP contribution in [0.15, 0.2) is 36.5 Å². The van der Waals surface area contributed by atoms with Crippen molar-refractivity contribution in [3.8, 4) is 11.3 Å². The van der Waals surface area contributed by atoms with Gasteiger partial charge in [0.1, 0.15) is 5.69 Å². The Morgan fingerprint density at radius 3 is 2.67 bits per heavy atom. The van der Waals surface area contributed by atoms with E-state index in [2.05, 4.69) is 10.1 Å². The lowest BCUT2D eigenvalue weighted by Gasteiger charge is -1.95. The van der Waals surface area contributed by atoms with Gasteiger partial charge in [-0.15, -0.1) is 0 Å². The van der Waals surface area contributed by atoms with Crippen molar-refractivity contribution in [1.82, 2.24) is 14.6 Å². The van der Waals surface area contributed by atoms with Crippen LogP contribution >= 0.6 is 0 Å². The molecule has 6 heteroatoms. The van der Waals surface area contributed by atoms with Crippen LogP contribution in [0.5, 0.6) is 0 Å². The van der Waals surface area contributed by atoms with Crippen molar-refractivity contribution < 1.29 is 9.90 Å². The lowest BCUT2D eigenvalue weighted by Crippen LogP contribution is -2.01. The summed E-state index contributed by atoms with van der Waals surface area (Å²) in [5.41, 5.74) is 8.05. The predicted molar refractivity (Wildman–Crippen MR) is 66.4 cm³/mol. The van der Waals surface area contributed by atoms with Gasteiger partial charge < -0.3 is 15.8 Å². The number of aromatic carboxylic acids is 1. The normalized spacial score (nSPS) is 10.9. The number of carbonyl (C=O) groups is 1. The molecule has 0 aliphatic heterocycles. The number of fused-ring (bicyclic) bond motifs is 1. The van der Waals surface area contributed by atoms with Crippen molar-refractivity contribution in [1.29, 1.82) is 0 Å². The highest BCUT2D eigenvalue weighted by Gasteiger charge is 2.18. The van der Waals surface area contributed by atoms with Crippen molar-refractivity contribution in [3.05, 3.63) is 42.2 Å². The summed E-state index contributed by atoms with van der Waals surface area (Å²) in [6.45, 7) is 0. The second-order valence-corrected chi connectivity index (χ2v) is 3.89. The number of anilines is 1. The summed E-state index contributed by atoms with van der Waals surface area (Å²) >= 11 is 0. The number of hydrogen-bond acceptors (Lipinski definition) is 3. The molecule has 3 rings (SSSR count). The Labute approximate surface area is 102 Å². The van der Waals surface area contributed by atoms with Gasteiger partial charge in [0, 0.05) is 0 Å². The molecule has 0 bridgehead atoms. The zero-order chi connectivity index (χ0) is 12.7. The van der Waals surface area contributed by atoms with Crippen LogP contribution in [-0.2, 0) is 0 Å². The highest BCUT2D eigenvalue weighted by atomic mass is 16.4. The van der Waals surface area contributed by atoms with Gasteiger partial charge in [-0.05, 0) is 5.56 Å². The molecule has 3 aromatic rings. The summed E-state index contributed by atoms with van der Waals surface area (Å²) < 4.78 is 1.45. The van der Waals surface area contributed by atoms with Crippen LogP contribution in [0.3, 0.4) is 0 Å². The van der Waals surface area contributed by atoms with E-state index in [-0.39, 0.29) is 11.4 Å². The van der Waals surface area contributed by atoms with E-state index in [4.69, 9.17) is 10.8 Å². The maximum Gasteiger partial charge on any atom is 0.358 e. The first kappa shape index (κ1) is 10.4. The molecule has 1 aromatic carbocycles. The quantitative estimate of drug-likeness (QED) is 0.636. The molecule has 0 aliphatic carbocycles. The minimum atomic E-state index is -1.13. The van der Waals surface area contributed by atoms with Gasteiger partial charge in [-0.25, -0.2) is 9.31 Å². The van der Waals surface area contributed by atoms with Crippen LogP contribution in [0.25, 0.3) is 16.9 Å². The highest BCUT2D eigenvalue weighted by molar-refractivity contribution is 5.95. The standard InChI is InChI=1S/C12H10N4O2/c13-9-10(12(17)18)15-16-6-8(14-11(9)16)7-4-2-1-3-5-7/h1-6,14H,13H2,(H,17,18). The molecule has 0 aliphatic rings. The Bertz CT molecular complexity index is 727. The van der Waals surface area contributed by atoms with Gasteiger partial charge in [0.15, 0.2) is 11.3 Å². The Kier molecular flexibility index (Phi) is 2.09. The number of aromatic nitrogens is 3. The molecule has 0 fully saturated rings. The number of benzene rings is 1. The first-order valence-corrected chi connectivity index (χ1v) is 5.32. The van der Waals surface area contributed by atoms with Gasteiger partial charge in [0.05, 0.1) is 11.9 Å². The molecule has 2 heterocycles. The molecule has 0 saturated carbocycles. The van der Waals surface area contributed by atoms with E-state index in [0.29, 0.717) is 5.65 Å². The number of H-pyrrole nitrogens is 1. The van der Waals surface area contributed by atoms with Crippen LogP contribution in [0, 0.1) is 0 Å². The van der Waals surface area contributed by atoms with E-state index in [1.165, 1.54) is 4.52 Å². The van der Waals surface area contributed by atoms with Crippen LogP contribution in [0.1, 0.15) is 10.5 Å². The maximum absolute atomic E-state index is 10.9. The number of nitrogens with two attached hydrogens (primary N) is 1. The second-order valence-electron chi connectivity index (χ2n) is 3.89. The summed E-state index contributed by atoms with van der Waals surface area (Å²) in [6.07, 6.45) is 1.72. The molecule has 4 N–H and O–H groups in total. The molecule has 6 nitrogen and oxygen atoms in total. The number of aromatic amines is 1. The fourth-order valence-electron chi connectivity index (χ4n) is 1.87. The van der Waals surface area contributed by atoms with Crippen LogP contribution in [0.2, 0.25) is 0 Å². The number of nitrogen functional groups attached to an aromatic ring is 1. The summed E-state index contributed by atoms with van der Waals surface area (Å²) in [4.78, 5) is 13.9. The van der Waals surface area contributed by atoms with Crippen molar-refractivity contribution in [3.63, 3.8) is 0 Å². The largest absolute Gasteiger partial charge is 0.476 e. The molecule has 0 atom stereocenters. The van der Waals surface area contributed by atoms with E-state index in [1.54, 1.807) is 6.20 Å². The summed E-state index contributed by atoms with van der Waals surface area (Å²) in [5, 5.41) is 12.8. The van der Waals surface area contributed by atoms with Crippen LogP contribution in [0.4, 0.5) is 5.69 Å². The SMILES string of the molecule is Nc1c(C(=O)O)nn2cc(-c3ccccc3)[nH]c12. The van der Waals surface area contributed by atoms with Gasteiger partial charge in [0.25, 0.3) is 0 Å². The van der Waals surface area contributed by atoms with Crippen LogP contribution < -0.4 is 5.73 Å². The third kappa shape index (κ3) is 1.43. The molecular formula is C12H10N4O2. The monoisotopic (exact) mass is 242 g/mol. The Balaban J connectivity index is 2.17. The van der Waals surface area contributed by atoms with Crippen molar-refractivity contribution >= 4 is 17.3 Å². The Morgan fingerprint density at radius 1 is 1.33 bits per heavy atom. The van der Waals surface area contributed by atoms with Crippen molar-refractivity contribution in [2.75, 3.05) is 5.73 Å². The number of nitrogens with zero attached hydrogens (tertiary/aromatic N) is 2. The second kappa shape index (κ2) is 3.63. The fourth-order valence-corrected chi connectivity index (χ4v) is 1.87. The highest BCUT2D eigenvalue weighted by Crippen LogP contribution is 2.23. The first-order chi connectivity index (χ1) is 8.66. The summed E-state index contributed by atoms with van der Waals surface area (Å²) in [5.74, 6) is -1.13. The number of hydrogen-bond donors (Lipinski definition) is 3. The molecule has 0 saturated heterocycles.